The van der Waals surface area contributed by atoms with Crippen molar-refractivity contribution >= 4 is 34.8 Å². The topological polar surface area (TPSA) is 82.9 Å². The smallest absolute Gasteiger partial charge is 0.282 e. The minimum absolute atomic E-state index is 0.112. The molecule has 3 rings (SSSR count). The molecule has 0 radical (unpaired) electrons. The molecule has 2 aromatic rings. The number of hydrogen-bond acceptors (Lipinski definition) is 3. The average Bonchev–Trinajstić information content (AvgIpc) is 2.79. The molecular weight excluding hydrogens is 380 g/mol. The fourth-order valence-electron chi connectivity index (χ4n) is 3.73. The highest BCUT2D eigenvalue weighted by atomic mass is 16.2. The summed E-state index contributed by atoms with van der Waals surface area (Å²) in [5, 5.41) is 5.79. The number of carbonyl (C=O) groups excluding carboxylic acids is 3. The van der Waals surface area contributed by atoms with Gasteiger partial charge in [-0.05, 0) is 50.1 Å². The van der Waals surface area contributed by atoms with E-state index in [1.807, 2.05) is 64.2 Å². The molecule has 0 aliphatic carbocycles. The Morgan fingerprint density at radius 1 is 1.13 bits per heavy atom. The highest BCUT2D eigenvalue weighted by molar-refractivity contribution is 6.04. The fourth-order valence-corrected chi connectivity index (χ4v) is 3.73. The van der Waals surface area contributed by atoms with Gasteiger partial charge in [-0.1, -0.05) is 24.3 Å². The number of nitrogens with one attached hydrogen (secondary N) is 3. The maximum absolute atomic E-state index is 13.1. The second kappa shape index (κ2) is 9.09. The number of anilines is 3. The largest absolute Gasteiger partial charge is 0.324 e. The van der Waals surface area contributed by atoms with Crippen LogP contribution in [0.15, 0.2) is 42.5 Å². The Kier molecular flexibility index (Phi) is 6.52. The van der Waals surface area contributed by atoms with Crippen LogP contribution in [0.5, 0.6) is 0 Å². The van der Waals surface area contributed by atoms with Gasteiger partial charge in [0.1, 0.15) is 0 Å². The van der Waals surface area contributed by atoms with Gasteiger partial charge in [0.15, 0.2) is 13.1 Å². The summed E-state index contributed by atoms with van der Waals surface area (Å²) in [6, 6.07) is 12.8. The third-order valence-corrected chi connectivity index (χ3v) is 5.42. The number of carbonyl (C=O) groups is 3. The van der Waals surface area contributed by atoms with Crippen LogP contribution in [0.3, 0.4) is 0 Å². The van der Waals surface area contributed by atoms with Gasteiger partial charge in [-0.25, -0.2) is 0 Å². The van der Waals surface area contributed by atoms with E-state index < -0.39 is 0 Å². The van der Waals surface area contributed by atoms with Gasteiger partial charge in [0.25, 0.3) is 11.8 Å². The Morgan fingerprint density at radius 2 is 1.87 bits per heavy atom. The van der Waals surface area contributed by atoms with Crippen molar-refractivity contribution in [3.63, 3.8) is 0 Å². The fraction of sp³-hybridized carbons (Fsp3) is 0.348. The molecule has 30 heavy (non-hydrogen) atoms. The first-order valence-electron chi connectivity index (χ1n) is 10.1. The van der Waals surface area contributed by atoms with Crippen LogP contribution in [0.25, 0.3) is 0 Å². The van der Waals surface area contributed by atoms with Gasteiger partial charge in [0, 0.05) is 18.2 Å². The molecule has 7 heteroatoms. The molecule has 0 aromatic heterocycles. The summed E-state index contributed by atoms with van der Waals surface area (Å²) in [6.07, 6.45) is 0.229. The van der Waals surface area contributed by atoms with Crippen molar-refractivity contribution in [2.45, 2.75) is 33.2 Å². The molecule has 7 nitrogen and oxygen atoms in total. The molecule has 2 atom stereocenters. The number of rotatable bonds is 5. The molecule has 0 saturated carbocycles. The molecule has 158 valence electrons. The molecule has 3 amide bonds. The Labute approximate surface area is 177 Å². The van der Waals surface area contributed by atoms with Gasteiger partial charge in [-0.3, -0.25) is 14.4 Å². The Balaban J connectivity index is 1.67. The number of amides is 3. The Bertz CT molecular complexity index is 973. The van der Waals surface area contributed by atoms with E-state index in [1.54, 1.807) is 11.0 Å². The number of nitrogens with zero attached hydrogens (tertiary/aromatic N) is 1. The summed E-state index contributed by atoms with van der Waals surface area (Å²) in [5.41, 5.74) is 4.25. The lowest BCUT2D eigenvalue weighted by Gasteiger charge is -2.28. The van der Waals surface area contributed by atoms with E-state index in [9.17, 15) is 14.4 Å². The van der Waals surface area contributed by atoms with E-state index >= 15 is 0 Å². The van der Waals surface area contributed by atoms with Gasteiger partial charge in [-0.15, -0.1) is 0 Å². The molecule has 1 aliphatic rings. The predicted octanol–water partition coefficient (Wildman–Crippen LogP) is 1.52. The van der Waals surface area contributed by atoms with Gasteiger partial charge in [-0.2, -0.15) is 0 Å². The highest BCUT2D eigenvalue weighted by Gasteiger charge is 2.31. The normalized spacial score (nSPS) is 16.9. The summed E-state index contributed by atoms with van der Waals surface area (Å²) < 4.78 is 0. The van der Waals surface area contributed by atoms with E-state index in [2.05, 4.69) is 10.6 Å². The molecule has 0 spiro atoms. The molecule has 3 N–H and O–H groups in total. The van der Waals surface area contributed by atoms with Crippen LogP contribution in [-0.4, -0.2) is 43.9 Å². The number of quaternary nitrogens is 1. The van der Waals surface area contributed by atoms with Gasteiger partial charge in [0.2, 0.25) is 5.91 Å². The monoisotopic (exact) mass is 409 g/mol. The van der Waals surface area contributed by atoms with E-state index in [1.165, 1.54) is 0 Å². The lowest BCUT2D eigenvalue weighted by atomic mass is 10.1. The molecule has 1 heterocycles. The highest BCUT2D eigenvalue weighted by Crippen LogP contribution is 2.31. The molecular formula is C23H29N4O3+. The number of aryl methyl sites for hydroxylation is 1. The zero-order valence-electron chi connectivity index (χ0n) is 17.9. The predicted molar refractivity (Wildman–Crippen MR) is 118 cm³/mol. The summed E-state index contributed by atoms with van der Waals surface area (Å²) in [7, 11) is 1.82. The van der Waals surface area contributed by atoms with Crippen LogP contribution in [0.2, 0.25) is 0 Å². The maximum atomic E-state index is 13.1. The molecule has 0 fully saturated rings. The number of likely N-dealkylation sites (N-methyl/N-ethyl adjacent to an activating group) is 1. The molecule has 1 unspecified atom stereocenters. The summed E-state index contributed by atoms with van der Waals surface area (Å²) >= 11 is 0. The van der Waals surface area contributed by atoms with Crippen molar-refractivity contribution in [2.75, 3.05) is 35.7 Å². The van der Waals surface area contributed by atoms with E-state index in [-0.39, 0.29) is 43.3 Å². The minimum atomic E-state index is -0.266. The van der Waals surface area contributed by atoms with Gasteiger partial charge in [0.05, 0.1) is 18.4 Å². The van der Waals surface area contributed by atoms with E-state index in [0.29, 0.717) is 11.4 Å². The first-order valence-corrected chi connectivity index (χ1v) is 10.1. The van der Waals surface area contributed by atoms with Gasteiger partial charge < -0.3 is 20.4 Å². The lowest BCUT2D eigenvalue weighted by Crippen LogP contribution is -3.11. The Morgan fingerprint density at radius 3 is 2.63 bits per heavy atom. The standard InChI is InChI=1S/C23H28N4O3/c1-15-8-7-10-18(17(15)3)24-22(29)13-26(4)14-23(30)27-16(2)12-21(28)25-19-9-5-6-11-20(19)27/h5-11,16H,12-14H2,1-4H3,(H,24,29)(H,25,28)/p+1/t16-/m1/s1. The first kappa shape index (κ1) is 21.5. The number of fused-ring (bicyclic) bond motifs is 1. The van der Waals surface area contributed by atoms with Crippen LogP contribution < -0.4 is 20.4 Å². The van der Waals surface area contributed by atoms with Crippen molar-refractivity contribution in [3.05, 3.63) is 53.6 Å². The molecule has 0 bridgehead atoms. The lowest BCUT2D eigenvalue weighted by molar-refractivity contribution is -0.862. The van der Waals surface area contributed by atoms with Crippen molar-refractivity contribution in [1.82, 2.24) is 0 Å². The zero-order chi connectivity index (χ0) is 21.8. The number of hydrogen-bond donors (Lipinski definition) is 3. The third-order valence-electron chi connectivity index (χ3n) is 5.42. The first-order chi connectivity index (χ1) is 14.3. The van der Waals surface area contributed by atoms with Crippen molar-refractivity contribution in [3.8, 4) is 0 Å². The average molecular weight is 410 g/mol. The van der Waals surface area contributed by atoms with Crippen LogP contribution in [0.1, 0.15) is 24.5 Å². The SMILES string of the molecule is Cc1cccc(NC(=O)C[NH+](C)CC(=O)N2c3ccccc3NC(=O)C[C@H]2C)c1C. The van der Waals surface area contributed by atoms with Crippen molar-refractivity contribution in [1.29, 1.82) is 0 Å². The van der Waals surface area contributed by atoms with Crippen LogP contribution in [0.4, 0.5) is 17.1 Å². The van der Waals surface area contributed by atoms with Crippen molar-refractivity contribution < 1.29 is 19.3 Å². The second-order valence-corrected chi connectivity index (χ2v) is 7.99. The van der Waals surface area contributed by atoms with Crippen molar-refractivity contribution in [2.24, 2.45) is 0 Å². The van der Waals surface area contributed by atoms with Crippen LogP contribution >= 0.6 is 0 Å². The molecule has 2 aromatic carbocycles. The number of benzene rings is 2. The molecule has 1 aliphatic heterocycles. The third kappa shape index (κ3) is 4.86. The Hall–Kier alpha value is -3.19. The van der Waals surface area contributed by atoms with E-state index in [0.717, 1.165) is 21.7 Å². The van der Waals surface area contributed by atoms with Crippen LogP contribution in [-0.2, 0) is 14.4 Å². The second-order valence-electron chi connectivity index (χ2n) is 7.99. The number of para-hydroxylation sites is 2. The summed E-state index contributed by atoms with van der Waals surface area (Å²) in [4.78, 5) is 40.2. The summed E-state index contributed by atoms with van der Waals surface area (Å²) in [6.45, 7) is 6.15. The molecule has 0 saturated heterocycles. The zero-order valence-corrected chi connectivity index (χ0v) is 17.9. The van der Waals surface area contributed by atoms with Gasteiger partial charge >= 0.3 is 0 Å². The van der Waals surface area contributed by atoms with E-state index in [4.69, 9.17) is 0 Å². The quantitative estimate of drug-likeness (QED) is 0.700. The minimum Gasteiger partial charge on any atom is -0.324 e. The van der Waals surface area contributed by atoms with Crippen LogP contribution in [0, 0.1) is 13.8 Å². The maximum Gasteiger partial charge on any atom is 0.282 e. The summed E-state index contributed by atoms with van der Waals surface area (Å²) in [5.74, 6) is -0.377.